The SMILES string of the molecule is [C-]#[N+]c1ccc(NCCNc2cnc([N+](=O)[O-])c(-c3ccc(Cl)cc3Cl)n2)nc1. The average Bonchev–Trinajstić information content (AvgIpc) is 2.71. The Kier molecular flexibility index (Phi) is 6.39. The number of hydrogen-bond acceptors (Lipinski definition) is 7. The van der Waals surface area contributed by atoms with Gasteiger partial charge >= 0.3 is 5.82 Å². The first-order chi connectivity index (χ1) is 14.0. The zero-order valence-electron chi connectivity index (χ0n) is 14.8. The van der Waals surface area contributed by atoms with Crippen molar-refractivity contribution in [3.63, 3.8) is 0 Å². The zero-order chi connectivity index (χ0) is 20.8. The highest BCUT2D eigenvalue weighted by Gasteiger charge is 2.22. The maximum Gasteiger partial charge on any atom is 0.390 e. The first-order valence-corrected chi connectivity index (χ1v) is 9.01. The molecule has 0 bridgehead atoms. The van der Waals surface area contributed by atoms with E-state index >= 15 is 0 Å². The van der Waals surface area contributed by atoms with Gasteiger partial charge in [-0.1, -0.05) is 29.3 Å². The third kappa shape index (κ3) is 5.07. The van der Waals surface area contributed by atoms with E-state index in [0.29, 0.717) is 41.0 Å². The molecule has 0 saturated heterocycles. The first-order valence-electron chi connectivity index (χ1n) is 8.26. The van der Waals surface area contributed by atoms with Gasteiger partial charge in [-0.2, -0.15) is 0 Å². The minimum atomic E-state index is -0.614. The van der Waals surface area contributed by atoms with Crippen molar-refractivity contribution in [2.24, 2.45) is 0 Å². The number of nitrogens with one attached hydrogen (secondary N) is 2. The van der Waals surface area contributed by atoms with Crippen LogP contribution in [0.5, 0.6) is 0 Å². The monoisotopic (exact) mass is 429 g/mol. The van der Waals surface area contributed by atoms with E-state index < -0.39 is 10.7 Å². The van der Waals surface area contributed by atoms with Gasteiger partial charge in [-0.15, -0.1) is 0 Å². The smallest absolute Gasteiger partial charge is 0.368 e. The summed E-state index contributed by atoms with van der Waals surface area (Å²) in [5.41, 5.74) is 0.871. The predicted octanol–water partition coefficient (Wildman–Crippen LogP) is 4.83. The molecule has 2 N–H and O–H groups in total. The molecule has 29 heavy (non-hydrogen) atoms. The molecule has 9 nitrogen and oxygen atoms in total. The molecule has 0 spiro atoms. The Balaban J connectivity index is 1.71. The lowest BCUT2D eigenvalue weighted by molar-refractivity contribution is -0.389. The van der Waals surface area contributed by atoms with Gasteiger partial charge in [0, 0.05) is 29.9 Å². The summed E-state index contributed by atoms with van der Waals surface area (Å²) in [4.78, 5) is 26.3. The Morgan fingerprint density at radius 1 is 1.07 bits per heavy atom. The highest BCUT2D eigenvalue weighted by molar-refractivity contribution is 6.36. The molecule has 1 aromatic carbocycles. The van der Waals surface area contributed by atoms with E-state index in [9.17, 15) is 10.1 Å². The Labute approximate surface area is 175 Å². The van der Waals surface area contributed by atoms with Crippen LogP contribution in [0.4, 0.5) is 23.1 Å². The molecule has 3 rings (SSSR count). The summed E-state index contributed by atoms with van der Waals surface area (Å²) >= 11 is 12.1. The summed E-state index contributed by atoms with van der Waals surface area (Å²) in [6.07, 6.45) is 2.76. The second-order valence-electron chi connectivity index (χ2n) is 5.68. The highest BCUT2D eigenvalue weighted by atomic mass is 35.5. The second kappa shape index (κ2) is 9.14. The maximum atomic E-state index is 11.3. The van der Waals surface area contributed by atoms with Crippen molar-refractivity contribution in [1.29, 1.82) is 0 Å². The van der Waals surface area contributed by atoms with Crippen molar-refractivity contribution < 1.29 is 4.92 Å². The molecule has 11 heteroatoms. The highest BCUT2D eigenvalue weighted by Crippen LogP contribution is 2.34. The number of aromatic nitrogens is 3. The fraction of sp³-hybridized carbons (Fsp3) is 0.111. The molecule has 0 radical (unpaired) electrons. The third-order valence-electron chi connectivity index (χ3n) is 3.73. The zero-order valence-corrected chi connectivity index (χ0v) is 16.3. The van der Waals surface area contributed by atoms with Crippen LogP contribution in [0.15, 0.2) is 42.7 Å². The molecule has 2 aromatic heterocycles. The number of nitrogens with zero attached hydrogens (tertiary/aromatic N) is 5. The first kappa shape index (κ1) is 20.3. The summed E-state index contributed by atoms with van der Waals surface area (Å²) in [6, 6.07) is 8.00. The lowest BCUT2D eigenvalue weighted by Crippen LogP contribution is -2.15. The number of pyridine rings is 1. The molecule has 0 atom stereocenters. The largest absolute Gasteiger partial charge is 0.390 e. The van der Waals surface area contributed by atoms with E-state index in [4.69, 9.17) is 29.8 Å². The molecule has 146 valence electrons. The van der Waals surface area contributed by atoms with Gasteiger partial charge in [-0.3, -0.25) is 4.98 Å². The van der Waals surface area contributed by atoms with Crippen LogP contribution in [0.2, 0.25) is 10.0 Å². The Bertz CT molecular complexity index is 1080. The van der Waals surface area contributed by atoms with Gasteiger partial charge in [0.1, 0.15) is 5.82 Å². The summed E-state index contributed by atoms with van der Waals surface area (Å²) in [5.74, 6) is 0.583. The van der Waals surface area contributed by atoms with E-state index in [1.807, 2.05) is 0 Å². The summed E-state index contributed by atoms with van der Waals surface area (Å²) in [7, 11) is 0. The van der Waals surface area contributed by atoms with Crippen molar-refractivity contribution in [2.75, 3.05) is 23.7 Å². The van der Waals surface area contributed by atoms with E-state index in [1.165, 1.54) is 18.5 Å². The van der Waals surface area contributed by atoms with Gasteiger partial charge in [0.05, 0.1) is 11.6 Å². The molecule has 3 aromatic rings. The van der Waals surface area contributed by atoms with E-state index in [1.54, 1.807) is 24.3 Å². The maximum absolute atomic E-state index is 11.3. The van der Waals surface area contributed by atoms with Crippen molar-refractivity contribution in [1.82, 2.24) is 15.0 Å². The molecule has 0 amide bonds. The molecule has 2 heterocycles. The van der Waals surface area contributed by atoms with E-state index in [-0.39, 0.29) is 10.7 Å². The number of anilines is 2. The molecular weight excluding hydrogens is 417 g/mol. The molecule has 0 aliphatic carbocycles. The van der Waals surface area contributed by atoms with Crippen LogP contribution in [0.1, 0.15) is 0 Å². The van der Waals surface area contributed by atoms with Crippen LogP contribution in [0, 0.1) is 16.7 Å². The number of benzene rings is 1. The van der Waals surface area contributed by atoms with Crippen molar-refractivity contribution in [3.8, 4) is 11.3 Å². The van der Waals surface area contributed by atoms with Gasteiger partial charge in [0.25, 0.3) is 0 Å². The molecule has 0 aliphatic heterocycles. The minimum Gasteiger partial charge on any atom is -0.368 e. The molecule has 0 saturated carbocycles. The van der Waals surface area contributed by atoms with Crippen LogP contribution in [-0.4, -0.2) is 33.0 Å². The van der Waals surface area contributed by atoms with Gasteiger partial charge in [-0.25, -0.2) is 9.83 Å². The fourth-order valence-electron chi connectivity index (χ4n) is 2.40. The average molecular weight is 430 g/mol. The van der Waals surface area contributed by atoms with Crippen LogP contribution < -0.4 is 10.6 Å². The Morgan fingerprint density at radius 3 is 2.45 bits per heavy atom. The van der Waals surface area contributed by atoms with E-state index in [2.05, 4.69) is 30.4 Å². The van der Waals surface area contributed by atoms with E-state index in [0.717, 1.165) is 0 Å². The summed E-state index contributed by atoms with van der Waals surface area (Å²) < 4.78 is 0. The molecular formula is C18H13Cl2N7O2. The number of rotatable bonds is 7. The van der Waals surface area contributed by atoms with Crippen LogP contribution >= 0.6 is 23.2 Å². The van der Waals surface area contributed by atoms with Crippen molar-refractivity contribution >= 4 is 46.3 Å². The van der Waals surface area contributed by atoms with Gasteiger partial charge in [0.2, 0.25) is 5.69 Å². The second-order valence-corrected chi connectivity index (χ2v) is 6.52. The predicted molar refractivity (Wildman–Crippen MR) is 112 cm³/mol. The van der Waals surface area contributed by atoms with Crippen LogP contribution in [-0.2, 0) is 0 Å². The quantitative estimate of drug-likeness (QED) is 0.239. The van der Waals surface area contributed by atoms with Gasteiger partial charge in [0.15, 0.2) is 17.7 Å². The van der Waals surface area contributed by atoms with Crippen LogP contribution in [0.3, 0.4) is 0 Å². The molecule has 0 aliphatic rings. The molecule has 0 unspecified atom stereocenters. The topological polar surface area (TPSA) is 110 Å². The lowest BCUT2D eigenvalue weighted by atomic mass is 10.1. The fourth-order valence-corrected chi connectivity index (χ4v) is 2.90. The number of nitro groups is 1. The summed E-state index contributed by atoms with van der Waals surface area (Å²) in [6.45, 7) is 7.86. The Hall–Kier alpha value is -3.48. The summed E-state index contributed by atoms with van der Waals surface area (Å²) in [5, 5.41) is 18.1. The normalized spacial score (nSPS) is 10.2. The van der Waals surface area contributed by atoms with Gasteiger partial charge in [-0.05, 0) is 34.2 Å². The molecule has 0 fully saturated rings. The minimum absolute atomic E-state index is 0.0472. The van der Waals surface area contributed by atoms with Crippen molar-refractivity contribution in [2.45, 2.75) is 0 Å². The standard InChI is InChI=1S/C18H13Cl2N7O2/c1-21-12-3-5-15(24-9-12)22-6-7-23-16-10-25-18(27(28)29)17(26-16)13-4-2-11(19)8-14(13)20/h2-5,8-10H,6-7H2,(H,22,24)(H,23,26). The van der Waals surface area contributed by atoms with Crippen molar-refractivity contribution in [3.05, 3.63) is 74.3 Å². The third-order valence-corrected chi connectivity index (χ3v) is 4.27. The number of halogens is 2. The van der Waals surface area contributed by atoms with Gasteiger partial charge < -0.3 is 20.7 Å². The Morgan fingerprint density at radius 2 is 1.83 bits per heavy atom. The lowest BCUT2D eigenvalue weighted by Gasteiger charge is -2.09. The van der Waals surface area contributed by atoms with Crippen LogP contribution in [0.25, 0.3) is 16.1 Å². The number of hydrogen-bond donors (Lipinski definition) is 2.